The number of aromatic nitrogens is 1. The fourth-order valence-electron chi connectivity index (χ4n) is 4.01. The predicted molar refractivity (Wildman–Crippen MR) is 93.7 cm³/mol. The largest absolute Gasteiger partial charge is 0.372 e. The number of benzene rings is 1. The molecule has 0 atom stereocenters. The maximum absolute atomic E-state index is 3.46. The van der Waals surface area contributed by atoms with E-state index >= 15 is 0 Å². The first-order valence-electron chi connectivity index (χ1n) is 8.97. The number of nitrogens with zero attached hydrogens (tertiary/aromatic N) is 2. The second kappa shape index (κ2) is 6.33. The third kappa shape index (κ3) is 2.87. The first-order chi connectivity index (χ1) is 10.9. The molecule has 1 N–H and O–H groups in total. The van der Waals surface area contributed by atoms with Crippen LogP contribution < -0.4 is 4.90 Å². The van der Waals surface area contributed by atoms with Gasteiger partial charge in [-0.2, -0.15) is 0 Å². The minimum Gasteiger partial charge on any atom is -0.372 e. The molecule has 2 fully saturated rings. The lowest BCUT2D eigenvalue weighted by Gasteiger charge is -2.28. The van der Waals surface area contributed by atoms with Crippen LogP contribution in [0.3, 0.4) is 0 Å². The Morgan fingerprint density at radius 2 is 1.68 bits per heavy atom. The molecule has 0 bridgehead atoms. The number of hydrogen-bond donors (Lipinski definition) is 1. The summed E-state index contributed by atoms with van der Waals surface area (Å²) in [5, 5.41) is 1.43. The van der Waals surface area contributed by atoms with Crippen LogP contribution in [0.25, 0.3) is 10.9 Å². The molecule has 0 radical (unpaired) electrons. The van der Waals surface area contributed by atoms with E-state index in [1.807, 2.05) is 0 Å². The molecular formula is C19H27N3. The Balaban J connectivity index is 1.53. The van der Waals surface area contributed by atoms with Crippen LogP contribution in [0.1, 0.15) is 37.7 Å². The van der Waals surface area contributed by atoms with Crippen molar-refractivity contribution in [3.63, 3.8) is 0 Å². The van der Waals surface area contributed by atoms with Gasteiger partial charge in [-0.1, -0.05) is 0 Å². The SMILES string of the molecule is c1cc2[nH]cc(CCN3CCCC3)c2cc1N1CCCCC1. The first kappa shape index (κ1) is 14.1. The van der Waals surface area contributed by atoms with Crippen LogP contribution in [-0.2, 0) is 6.42 Å². The van der Waals surface area contributed by atoms with E-state index in [0.29, 0.717) is 0 Å². The summed E-state index contributed by atoms with van der Waals surface area (Å²) >= 11 is 0. The monoisotopic (exact) mass is 297 g/mol. The molecule has 2 aliphatic heterocycles. The Morgan fingerprint density at radius 1 is 0.909 bits per heavy atom. The van der Waals surface area contributed by atoms with E-state index in [-0.39, 0.29) is 0 Å². The molecule has 22 heavy (non-hydrogen) atoms. The van der Waals surface area contributed by atoms with Crippen LogP contribution in [0.15, 0.2) is 24.4 Å². The molecule has 3 heteroatoms. The number of anilines is 1. The van der Waals surface area contributed by atoms with Gasteiger partial charge in [-0.25, -0.2) is 0 Å². The molecular weight excluding hydrogens is 270 g/mol. The summed E-state index contributed by atoms with van der Waals surface area (Å²) in [7, 11) is 0. The molecule has 0 spiro atoms. The molecule has 2 saturated heterocycles. The lowest BCUT2D eigenvalue weighted by molar-refractivity contribution is 0.344. The van der Waals surface area contributed by atoms with Crippen molar-refractivity contribution in [2.24, 2.45) is 0 Å². The Bertz CT molecular complexity index is 619. The van der Waals surface area contributed by atoms with E-state index in [4.69, 9.17) is 0 Å². The number of H-pyrrole nitrogens is 1. The van der Waals surface area contributed by atoms with Gasteiger partial charge in [-0.15, -0.1) is 0 Å². The molecule has 4 rings (SSSR count). The van der Waals surface area contributed by atoms with Crippen molar-refractivity contribution in [1.29, 1.82) is 0 Å². The summed E-state index contributed by atoms with van der Waals surface area (Å²) in [6.07, 6.45) is 10.2. The highest BCUT2D eigenvalue weighted by Crippen LogP contribution is 2.27. The zero-order chi connectivity index (χ0) is 14.8. The predicted octanol–water partition coefficient (Wildman–Crippen LogP) is 3.80. The van der Waals surface area contributed by atoms with Crippen molar-refractivity contribution < 1.29 is 0 Å². The summed E-state index contributed by atoms with van der Waals surface area (Å²) in [6, 6.07) is 6.96. The highest BCUT2D eigenvalue weighted by Gasteiger charge is 2.14. The van der Waals surface area contributed by atoms with E-state index in [9.17, 15) is 0 Å². The molecule has 1 aromatic heterocycles. The van der Waals surface area contributed by atoms with Gasteiger partial charge in [0.25, 0.3) is 0 Å². The molecule has 2 aromatic rings. The highest BCUT2D eigenvalue weighted by molar-refractivity contribution is 5.86. The number of likely N-dealkylation sites (tertiary alicyclic amines) is 1. The lowest BCUT2D eigenvalue weighted by atomic mass is 10.1. The molecule has 1 aromatic carbocycles. The van der Waals surface area contributed by atoms with Crippen molar-refractivity contribution in [1.82, 2.24) is 9.88 Å². The second-order valence-electron chi connectivity index (χ2n) is 6.89. The van der Waals surface area contributed by atoms with Gasteiger partial charge in [0.15, 0.2) is 0 Å². The van der Waals surface area contributed by atoms with Crippen molar-refractivity contribution in [3.05, 3.63) is 30.0 Å². The molecule has 0 amide bonds. The van der Waals surface area contributed by atoms with Crippen LogP contribution in [0.4, 0.5) is 5.69 Å². The molecule has 0 aliphatic carbocycles. The molecule has 118 valence electrons. The third-order valence-corrected chi connectivity index (χ3v) is 5.37. The van der Waals surface area contributed by atoms with Gasteiger partial charge >= 0.3 is 0 Å². The number of hydrogen-bond acceptors (Lipinski definition) is 2. The zero-order valence-electron chi connectivity index (χ0n) is 13.5. The van der Waals surface area contributed by atoms with Crippen molar-refractivity contribution >= 4 is 16.6 Å². The first-order valence-corrected chi connectivity index (χ1v) is 8.97. The Morgan fingerprint density at radius 3 is 2.50 bits per heavy atom. The van der Waals surface area contributed by atoms with Gasteiger partial charge in [0.2, 0.25) is 0 Å². The maximum atomic E-state index is 3.46. The topological polar surface area (TPSA) is 22.3 Å². The molecule has 2 aliphatic rings. The Labute approximate surface area is 133 Å². The summed E-state index contributed by atoms with van der Waals surface area (Å²) in [6.45, 7) is 6.24. The zero-order valence-corrected chi connectivity index (χ0v) is 13.5. The average Bonchev–Trinajstić information content (AvgIpc) is 3.23. The van der Waals surface area contributed by atoms with Gasteiger partial charge in [-0.3, -0.25) is 0 Å². The van der Waals surface area contributed by atoms with Gasteiger partial charge in [-0.05, 0) is 75.4 Å². The number of piperidine rings is 1. The number of fused-ring (bicyclic) bond motifs is 1. The smallest absolute Gasteiger partial charge is 0.0458 e. The summed E-state index contributed by atoms with van der Waals surface area (Å²) in [4.78, 5) is 8.62. The maximum Gasteiger partial charge on any atom is 0.0458 e. The van der Waals surface area contributed by atoms with E-state index in [1.54, 1.807) is 0 Å². The van der Waals surface area contributed by atoms with E-state index in [2.05, 4.69) is 39.2 Å². The van der Waals surface area contributed by atoms with E-state index in [1.165, 1.54) is 93.4 Å². The van der Waals surface area contributed by atoms with Crippen molar-refractivity contribution in [2.45, 2.75) is 38.5 Å². The lowest BCUT2D eigenvalue weighted by Crippen LogP contribution is -2.29. The summed E-state index contributed by atoms with van der Waals surface area (Å²) in [5.41, 5.74) is 4.19. The molecule has 0 unspecified atom stereocenters. The van der Waals surface area contributed by atoms with Gasteiger partial charge in [0.1, 0.15) is 0 Å². The fraction of sp³-hybridized carbons (Fsp3) is 0.579. The van der Waals surface area contributed by atoms with Crippen LogP contribution in [0, 0.1) is 0 Å². The van der Waals surface area contributed by atoms with Crippen LogP contribution in [0.2, 0.25) is 0 Å². The quantitative estimate of drug-likeness (QED) is 0.927. The normalized spacial score (nSPS) is 20.1. The molecule has 3 nitrogen and oxygen atoms in total. The summed E-state index contributed by atoms with van der Waals surface area (Å²) in [5.74, 6) is 0. The van der Waals surface area contributed by atoms with Crippen molar-refractivity contribution in [2.75, 3.05) is 37.6 Å². The van der Waals surface area contributed by atoms with Crippen molar-refractivity contribution in [3.8, 4) is 0 Å². The standard InChI is InChI=1S/C19H27N3/c1-2-11-22(12-3-1)17-6-7-19-18(14-17)16(15-20-19)8-13-21-9-4-5-10-21/h6-7,14-15,20H,1-5,8-13H2. The van der Waals surface area contributed by atoms with Gasteiger partial charge in [0, 0.05) is 42.4 Å². The van der Waals surface area contributed by atoms with Crippen LogP contribution >= 0.6 is 0 Å². The van der Waals surface area contributed by atoms with E-state index in [0.717, 1.165) is 0 Å². The fourth-order valence-corrected chi connectivity index (χ4v) is 4.01. The Hall–Kier alpha value is -1.48. The Kier molecular flexibility index (Phi) is 4.07. The third-order valence-electron chi connectivity index (χ3n) is 5.37. The highest BCUT2D eigenvalue weighted by atomic mass is 15.1. The van der Waals surface area contributed by atoms with Crippen LogP contribution in [-0.4, -0.2) is 42.6 Å². The minimum absolute atomic E-state index is 1.17. The van der Waals surface area contributed by atoms with Crippen LogP contribution in [0.5, 0.6) is 0 Å². The second-order valence-corrected chi connectivity index (χ2v) is 6.89. The number of aromatic amines is 1. The van der Waals surface area contributed by atoms with Gasteiger partial charge < -0.3 is 14.8 Å². The summed E-state index contributed by atoms with van der Waals surface area (Å²) < 4.78 is 0. The number of rotatable bonds is 4. The minimum atomic E-state index is 1.17. The average molecular weight is 297 g/mol. The molecule has 3 heterocycles. The number of nitrogens with one attached hydrogen (secondary N) is 1. The van der Waals surface area contributed by atoms with E-state index < -0.39 is 0 Å². The molecule has 0 saturated carbocycles. The van der Waals surface area contributed by atoms with Gasteiger partial charge in [0.05, 0.1) is 0 Å².